The number of hydrogen-bond donors (Lipinski definition) is 3. The van der Waals surface area contributed by atoms with Crippen molar-refractivity contribution in [3.63, 3.8) is 0 Å². The van der Waals surface area contributed by atoms with Gasteiger partial charge in [-0.05, 0) is 37.3 Å². The molecule has 2 aromatic rings. The van der Waals surface area contributed by atoms with Crippen LogP contribution in [0.25, 0.3) is 0 Å². The third-order valence-electron chi connectivity index (χ3n) is 3.55. The van der Waals surface area contributed by atoms with E-state index in [9.17, 15) is 9.18 Å². The molecular formula is C16H16FN3O. The molecule has 3 N–H and O–H groups in total. The summed E-state index contributed by atoms with van der Waals surface area (Å²) in [6.07, 6.45) is 0. The highest BCUT2D eigenvalue weighted by molar-refractivity contribution is 6.05. The van der Waals surface area contributed by atoms with E-state index < -0.39 is 0 Å². The summed E-state index contributed by atoms with van der Waals surface area (Å²) in [5.74, 6) is -0.581. The highest BCUT2D eigenvalue weighted by atomic mass is 19.1. The number of carbonyl (C=O) groups is 1. The second-order valence-corrected chi connectivity index (χ2v) is 4.98. The van der Waals surface area contributed by atoms with Gasteiger partial charge in [0, 0.05) is 29.9 Å². The Balaban J connectivity index is 1.84. The fourth-order valence-electron chi connectivity index (χ4n) is 2.32. The smallest absolute Gasteiger partial charge is 0.255 e. The van der Waals surface area contributed by atoms with Gasteiger partial charge in [-0.1, -0.05) is 6.07 Å². The van der Waals surface area contributed by atoms with E-state index in [1.807, 2.05) is 6.07 Å². The fraction of sp³-hybridized carbons (Fsp3) is 0.188. The van der Waals surface area contributed by atoms with Gasteiger partial charge in [-0.15, -0.1) is 0 Å². The Hall–Kier alpha value is -2.56. The lowest BCUT2D eigenvalue weighted by Gasteiger charge is -2.20. The van der Waals surface area contributed by atoms with Crippen LogP contribution in [0.3, 0.4) is 0 Å². The molecule has 0 saturated heterocycles. The van der Waals surface area contributed by atoms with Crippen LogP contribution in [-0.4, -0.2) is 19.0 Å². The normalized spacial score (nSPS) is 12.9. The lowest BCUT2D eigenvalue weighted by atomic mass is 10.1. The van der Waals surface area contributed by atoms with Crippen molar-refractivity contribution in [1.29, 1.82) is 0 Å². The molecule has 0 saturated carbocycles. The van der Waals surface area contributed by atoms with Crippen molar-refractivity contribution in [3.05, 3.63) is 53.3 Å². The zero-order valence-corrected chi connectivity index (χ0v) is 11.7. The van der Waals surface area contributed by atoms with Gasteiger partial charge >= 0.3 is 0 Å². The molecule has 0 unspecified atom stereocenters. The minimum absolute atomic E-state index is 0.251. The molecule has 0 aliphatic carbocycles. The third-order valence-corrected chi connectivity index (χ3v) is 3.55. The van der Waals surface area contributed by atoms with Crippen LogP contribution in [0.15, 0.2) is 36.4 Å². The summed E-state index contributed by atoms with van der Waals surface area (Å²) in [5, 5.41) is 9.24. The number of hydrogen-bond acceptors (Lipinski definition) is 3. The molecule has 5 heteroatoms. The maximum Gasteiger partial charge on any atom is 0.255 e. The van der Waals surface area contributed by atoms with Crippen LogP contribution in [0.1, 0.15) is 15.9 Å². The SMILES string of the molecule is Cc1c(F)cccc1NC(=O)c1ccc2c(c1)NCCN2. The molecule has 108 valence electrons. The van der Waals surface area contributed by atoms with Gasteiger partial charge in [0.15, 0.2) is 0 Å². The first kappa shape index (κ1) is 13.4. The molecule has 1 aliphatic rings. The van der Waals surface area contributed by atoms with Gasteiger partial charge in [-0.3, -0.25) is 4.79 Å². The molecule has 0 aromatic heterocycles. The zero-order chi connectivity index (χ0) is 14.8. The van der Waals surface area contributed by atoms with E-state index in [2.05, 4.69) is 16.0 Å². The summed E-state index contributed by atoms with van der Waals surface area (Å²) in [6, 6.07) is 10.1. The molecule has 1 heterocycles. The van der Waals surface area contributed by atoms with Crippen molar-refractivity contribution in [2.75, 3.05) is 29.0 Å². The van der Waals surface area contributed by atoms with E-state index in [-0.39, 0.29) is 11.7 Å². The van der Waals surface area contributed by atoms with E-state index in [1.54, 1.807) is 31.2 Å². The van der Waals surface area contributed by atoms with Crippen molar-refractivity contribution in [2.24, 2.45) is 0 Å². The van der Waals surface area contributed by atoms with Crippen LogP contribution >= 0.6 is 0 Å². The lowest BCUT2D eigenvalue weighted by Crippen LogP contribution is -2.21. The third kappa shape index (κ3) is 2.67. The van der Waals surface area contributed by atoms with Gasteiger partial charge in [0.2, 0.25) is 0 Å². The Kier molecular flexibility index (Phi) is 3.48. The summed E-state index contributed by atoms with van der Waals surface area (Å²) in [5.41, 5.74) is 3.35. The molecule has 4 nitrogen and oxygen atoms in total. The monoisotopic (exact) mass is 285 g/mol. The number of anilines is 3. The summed E-state index contributed by atoms with van der Waals surface area (Å²) in [6.45, 7) is 3.32. The average molecular weight is 285 g/mol. The minimum atomic E-state index is -0.330. The zero-order valence-electron chi connectivity index (χ0n) is 11.7. The molecule has 0 atom stereocenters. The Morgan fingerprint density at radius 2 is 1.90 bits per heavy atom. The molecule has 0 fully saturated rings. The van der Waals surface area contributed by atoms with Crippen LogP contribution < -0.4 is 16.0 Å². The molecule has 3 rings (SSSR count). The van der Waals surface area contributed by atoms with Gasteiger partial charge in [-0.25, -0.2) is 4.39 Å². The van der Waals surface area contributed by atoms with Gasteiger partial charge in [-0.2, -0.15) is 0 Å². The predicted molar refractivity (Wildman–Crippen MR) is 82.5 cm³/mol. The van der Waals surface area contributed by atoms with Crippen LogP contribution in [0.5, 0.6) is 0 Å². The lowest BCUT2D eigenvalue weighted by molar-refractivity contribution is 0.102. The standard InChI is InChI=1S/C16H16FN3O/c1-10-12(17)3-2-4-13(10)20-16(21)11-5-6-14-15(9-11)19-8-7-18-14/h2-6,9,18-19H,7-8H2,1H3,(H,20,21). The van der Waals surface area contributed by atoms with E-state index in [4.69, 9.17) is 0 Å². The second kappa shape index (κ2) is 5.44. The first-order valence-corrected chi connectivity index (χ1v) is 6.83. The van der Waals surface area contributed by atoms with Crippen molar-refractivity contribution in [3.8, 4) is 0 Å². The van der Waals surface area contributed by atoms with Crippen molar-refractivity contribution >= 4 is 23.0 Å². The van der Waals surface area contributed by atoms with Gasteiger partial charge in [0.1, 0.15) is 5.82 Å². The molecule has 1 aliphatic heterocycles. The Morgan fingerprint density at radius 1 is 1.14 bits per heavy atom. The van der Waals surface area contributed by atoms with Gasteiger partial charge < -0.3 is 16.0 Å². The number of fused-ring (bicyclic) bond motifs is 1. The molecule has 2 aromatic carbocycles. The minimum Gasteiger partial charge on any atom is -0.382 e. The van der Waals surface area contributed by atoms with Crippen molar-refractivity contribution in [1.82, 2.24) is 0 Å². The quantitative estimate of drug-likeness (QED) is 0.794. The number of nitrogens with one attached hydrogen (secondary N) is 3. The highest BCUT2D eigenvalue weighted by Crippen LogP contribution is 2.26. The average Bonchev–Trinajstić information content (AvgIpc) is 2.51. The summed E-state index contributed by atoms with van der Waals surface area (Å²) in [4.78, 5) is 12.3. The van der Waals surface area contributed by atoms with Crippen LogP contribution in [0.4, 0.5) is 21.5 Å². The van der Waals surface area contributed by atoms with Gasteiger partial charge in [0.05, 0.1) is 11.4 Å². The predicted octanol–water partition coefficient (Wildman–Crippen LogP) is 3.22. The summed E-state index contributed by atoms with van der Waals surface area (Å²) in [7, 11) is 0. The number of carbonyl (C=O) groups excluding carboxylic acids is 1. The van der Waals surface area contributed by atoms with E-state index >= 15 is 0 Å². The molecule has 0 bridgehead atoms. The first-order valence-electron chi connectivity index (χ1n) is 6.83. The van der Waals surface area contributed by atoms with E-state index in [1.165, 1.54) is 6.07 Å². The molecular weight excluding hydrogens is 269 g/mol. The van der Waals surface area contributed by atoms with Crippen molar-refractivity contribution < 1.29 is 9.18 Å². The molecule has 0 radical (unpaired) electrons. The summed E-state index contributed by atoms with van der Waals surface area (Å²) >= 11 is 0. The second-order valence-electron chi connectivity index (χ2n) is 4.98. The van der Waals surface area contributed by atoms with E-state index in [0.717, 1.165) is 24.5 Å². The Bertz CT molecular complexity index is 700. The molecule has 0 spiro atoms. The van der Waals surface area contributed by atoms with Crippen LogP contribution in [0, 0.1) is 12.7 Å². The van der Waals surface area contributed by atoms with E-state index in [0.29, 0.717) is 16.8 Å². The molecule has 1 amide bonds. The van der Waals surface area contributed by atoms with Crippen LogP contribution in [-0.2, 0) is 0 Å². The van der Waals surface area contributed by atoms with Crippen LogP contribution in [0.2, 0.25) is 0 Å². The highest BCUT2D eigenvalue weighted by Gasteiger charge is 2.13. The number of benzene rings is 2. The number of rotatable bonds is 2. The van der Waals surface area contributed by atoms with Crippen molar-refractivity contribution in [2.45, 2.75) is 6.92 Å². The number of halogens is 1. The number of amides is 1. The molecule has 21 heavy (non-hydrogen) atoms. The maximum absolute atomic E-state index is 13.5. The topological polar surface area (TPSA) is 53.2 Å². The van der Waals surface area contributed by atoms with Gasteiger partial charge in [0.25, 0.3) is 5.91 Å². The maximum atomic E-state index is 13.5. The summed E-state index contributed by atoms with van der Waals surface area (Å²) < 4.78 is 13.5. The largest absolute Gasteiger partial charge is 0.382 e. The first-order chi connectivity index (χ1) is 10.1. The Morgan fingerprint density at radius 3 is 2.71 bits per heavy atom. The Labute approximate surface area is 122 Å². The fourth-order valence-corrected chi connectivity index (χ4v) is 2.32.